The Kier molecular flexibility index (Phi) is 6.09. The van der Waals surface area contributed by atoms with Crippen LogP contribution in [0.3, 0.4) is 0 Å². The Balaban J connectivity index is 1.43. The molecule has 1 aliphatic heterocycles. The molecule has 2 heterocycles. The molecule has 2 aromatic rings. The van der Waals surface area contributed by atoms with Crippen molar-refractivity contribution in [1.29, 1.82) is 0 Å². The van der Waals surface area contributed by atoms with Crippen molar-refractivity contribution >= 4 is 39.5 Å². The van der Waals surface area contributed by atoms with Gasteiger partial charge >= 0.3 is 0 Å². The zero-order chi connectivity index (χ0) is 16.8. The second-order valence-corrected chi connectivity index (χ2v) is 7.44. The number of nitrogens with zero attached hydrogens (tertiary/aromatic N) is 4. The van der Waals surface area contributed by atoms with E-state index >= 15 is 0 Å². The van der Waals surface area contributed by atoms with Gasteiger partial charge in [-0.2, -0.15) is 0 Å². The molecule has 0 radical (unpaired) electrons. The molecule has 1 fully saturated rings. The fraction of sp³-hybridized carbons (Fsp3) is 0.353. The highest BCUT2D eigenvalue weighted by atomic mass is 79.9. The van der Waals surface area contributed by atoms with Gasteiger partial charge in [0.05, 0.1) is 0 Å². The number of hydrogen-bond acceptors (Lipinski definition) is 5. The van der Waals surface area contributed by atoms with E-state index in [1.165, 1.54) is 4.90 Å². The van der Waals surface area contributed by atoms with Crippen molar-refractivity contribution in [2.75, 3.05) is 36.8 Å². The van der Waals surface area contributed by atoms with Gasteiger partial charge in [0.25, 0.3) is 0 Å². The molecule has 1 aromatic carbocycles. The molecule has 1 saturated heterocycles. The Morgan fingerprint density at radius 3 is 2.50 bits per heavy atom. The minimum atomic E-state index is 0.225. The third-order valence-corrected chi connectivity index (χ3v) is 5.91. The molecular formula is C17H19BrN4OS. The van der Waals surface area contributed by atoms with E-state index in [2.05, 4.69) is 36.9 Å². The average Bonchev–Trinajstić information content (AvgIpc) is 2.64. The number of amides is 1. The summed E-state index contributed by atoms with van der Waals surface area (Å²) in [5, 5.41) is 0. The standard InChI is InChI=1S/C17H19BrN4OS/c18-14-4-1-2-5-15(14)24-13-6-16(23)21-9-11-22(12-10-21)17-19-7-3-8-20-17/h1-5,7-8H,6,9-13H2. The number of thioether (sulfide) groups is 1. The Morgan fingerprint density at radius 2 is 1.79 bits per heavy atom. The van der Waals surface area contributed by atoms with Gasteiger partial charge in [-0.1, -0.05) is 12.1 Å². The van der Waals surface area contributed by atoms with Crippen molar-refractivity contribution in [1.82, 2.24) is 14.9 Å². The largest absolute Gasteiger partial charge is 0.339 e. The van der Waals surface area contributed by atoms with Crippen LogP contribution in [0.4, 0.5) is 5.95 Å². The Labute approximate surface area is 154 Å². The summed E-state index contributed by atoms with van der Waals surface area (Å²) in [5.74, 6) is 1.76. The summed E-state index contributed by atoms with van der Waals surface area (Å²) < 4.78 is 1.08. The number of anilines is 1. The van der Waals surface area contributed by atoms with E-state index in [-0.39, 0.29) is 5.91 Å². The zero-order valence-electron chi connectivity index (χ0n) is 13.3. The van der Waals surface area contributed by atoms with Gasteiger partial charge in [-0.3, -0.25) is 4.79 Å². The van der Waals surface area contributed by atoms with E-state index in [1.54, 1.807) is 24.2 Å². The van der Waals surface area contributed by atoms with Crippen molar-refractivity contribution in [2.24, 2.45) is 0 Å². The Hall–Kier alpha value is -1.60. The predicted octanol–water partition coefficient (Wildman–Crippen LogP) is 3.07. The molecule has 0 atom stereocenters. The summed E-state index contributed by atoms with van der Waals surface area (Å²) in [7, 11) is 0. The van der Waals surface area contributed by atoms with Gasteiger partial charge in [0.15, 0.2) is 0 Å². The van der Waals surface area contributed by atoms with E-state index in [9.17, 15) is 4.79 Å². The van der Waals surface area contributed by atoms with Crippen LogP contribution >= 0.6 is 27.7 Å². The molecule has 24 heavy (non-hydrogen) atoms. The first-order chi connectivity index (χ1) is 11.7. The SMILES string of the molecule is O=C(CCSc1ccccc1Br)N1CCN(c2ncccn2)CC1. The fourth-order valence-corrected chi connectivity index (χ4v) is 4.08. The van der Waals surface area contributed by atoms with Crippen LogP contribution in [0.2, 0.25) is 0 Å². The van der Waals surface area contributed by atoms with E-state index in [4.69, 9.17) is 0 Å². The topological polar surface area (TPSA) is 49.3 Å². The van der Waals surface area contributed by atoms with Gasteiger partial charge in [-0.15, -0.1) is 11.8 Å². The van der Waals surface area contributed by atoms with Crippen LogP contribution in [0.5, 0.6) is 0 Å². The van der Waals surface area contributed by atoms with Crippen LogP contribution in [0.25, 0.3) is 0 Å². The number of carbonyl (C=O) groups is 1. The zero-order valence-corrected chi connectivity index (χ0v) is 15.7. The van der Waals surface area contributed by atoms with E-state index in [0.717, 1.165) is 42.4 Å². The molecule has 126 valence electrons. The molecule has 1 aromatic heterocycles. The van der Waals surface area contributed by atoms with E-state index < -0.39 is 0 Å². The van der Waals surface area contributed by atoms with Gasteiger partial charge in [0.1, 0.15) is 0 Å². The summed E-state index contributed by atoms with van der Waals surface area (Å²) in [6.45, 7) is 3.04. The van der Waals surface area contributed by atoms with Gasteiger partial charge in [0.2, 0.25) is 11.9 Å². The number of halogens is 1. The third kappa shape index (κ3) is 4.48. The monoisotopic (exact) mass is 406 g/mol. The van der Waals surface area contributed by atoms with Crippen LogP contribution in [0, 0.1) is 0 Å². The van der Waals surface area contributed by atoms with Crippen molar-refractivity contribution in [3.8, 4) is 0 Å². The van der Waals surface area contributed by atoms with E-state index in [0.29, 0.717) is 6.42 Å². The molecular weight excluding hydrogens is 388 g/mol. The number of benzene rings is 1. The number of carbonyl (C=O) groups excluding carboxylic acids is 1. The molecule has 5 nitrogen and oxygen atoms in total. The highest BCUT2D eigenvalue weighted by Crippen LogP contribution is 2.27. The lowest BCUT2D eigenvalue weighted by molar-refractivity contribution is -0.131. The lowest BCUT2D eigenvalue weighted by Crippen LogP contribution is -2.49. The van der Waals surface area contributed by atoms with Crippen LogP contribution in [0.1, 0.15) is 6.42 Å². The van der Waals surface area contributed by atoms with E-state index in [1.807, 2.05) is 29.2 Å². The first-order valence-corrected chi connectivity index (χ1v) is 9.69. The summed E-state index contributed by atoms with van der Waals surface area (Å²) >= 11 is 5.25. The second kappa shape index (κ2) is 8.48. The van der Waals surface area contributed by atoms with Crippen molar-refractivity contribution in [3.63, 3.8) is 0 Å². The predicted molar refractivity (Wildman–Crippen MR) is 100 cm³/mol. The van der Waals surface area contributed by atoms with Gasteiger partial charge in [-0.05, 0) is 34.1 Å². The Bertz CT molecular complexity index is 677. The van der Waals surface area contributed by atoms with Crippen molar-refractivity contribution < 1.29 is 4.79 Å². The summed E-state index contributed by atoms with van der Waals surface area (Å²) in [6.07, 6.45) is 4.06. The average molecular weight is 407 g/mol. The fourth-order valence-electron chi connectivity index (χ4n) is 2.58. The van der Waals surface area contributed by atoms with Crippen molar-refractivity contribution in [3.05, 3.63) is 47.2 Å². The lowest BCUT2D eigenvalue weighted by Gasteiger charge is -2.34. The molecule has 0 unspecified atom stereocenters. The maximum atomic E-state index is 12.4. The quantitative estimate of drug-likeness (QED) is 0.714. The van der Waals surface area contributed by atoms with Gasteiger partial charge in [0, 0.05) is 60.1 Å². The number of aromatic nitrogens is 2. The van der Waals surface area contributed by atoms with Crippen molar-refractivity contribution in [2.45, 2.75) is 11.3 Å². The summed E-state index contributed by atoms with van der Waals surface area (Å²) in [5.41, 5.74) is 0. The third-order valence-electron chi connectivity index (χ3n) is 3.88. The molecule has 0 bridgehead atoms. The maximum Gasteiger partial charge on any atom is 0.225 e. The van der Waals surface area contributed by atoms with Crippen LogP contribution in [0.15, 0.2) is 52.1 Å². The number of rotatable bonds is 5. The van der Waals surface area contributed by atoms with Crippen LogP contribution < -0.4 is 4.90 Å². The highest BCUT2D eigenvalue weighted by molar-refractivity contribution is 9.10. The molecule has 0 N–H and O–H groups in total. The smallest absolute Gasteiger partial charge is 0.225 e. The van der Waals surface area contributed by atoms with Crippen LogP contribution in [-0.4, -0.2) is 52.7 Å². The highest BCUT2D eigenvalue weighted by Gasteiger charge is 2.22. The molecule has 3 rings (SSSR count). The number of hydrogen-bond donors (Lipinski definition) is 0. The minimum absolute atomic E-state index is 0.225. The van der Waals surface area contributed by atoms with Crippen LogP contribution in [-0.2, 0) is 4.79 Å². The van der Waals surface area contributed by atoms with Gasteiger partial charge in [-0.25, -0.2) is 9.97 Å². The van der Waals surface area contributed by atoms with Gasteiger partial charge < -0.3 is 9.80 Å². The molecule has 0 aliphatic carbocycles. The minimum Gasteiger partial charge on any atom is -0.339 e. The normalized spacial score (nSPS) is 14.7. The summed E-state index contributed by atoms with van der Waals surface area (Å²) in [6, 6.07) is 9.91. The lowest BCUT2D eigenvalue weighted by atomic mass is 10.3. The molecule has 1 aliphatic rings. The molecule has 0 saturated carbocycles. The molecule has 1 amide bonds. The molecule has 7 heteroatoms. The summed E-state index contributed by atoms with van der Waals surface area (Å²) in [4.78, 5) is 26.1. The number of piperazine rings is 1. The first-order valence-electron chi connectivity index (χ1n) is 7.91. The Morgan fingerprint density at radius 1 is 1.08 bits per heavy atom. The molecule has 0 spiro atoms. The maximum absolute atomic E-state index is 12.4. The second-order valence-electron chi connectivity index (χ2n) is 5.45. The first kappa shape index (κ1) is 17.2.